The summed E-state index contributed by atoms with van der Waals surface area (Å²) >= 11 is 7.38. The third-order valence-electron chi connectivity index (χ3n) is 5.14. The SMILES string of the molecule is O=C1C2C3CC(C(Br)C3Br)C2C(=O)N1Cc1cccnc1. The van der Waals surface area contributed by atoms with Crippen LogP contribution in [0.15, 0.2) is 24.5 Å². The van der Waals surface area contributed by atoms with Crippen molar-refractivity contribution in [3.8, 4) is 0 Å². The minimum Gasteiger partial charge on any atom is -0.278 e. The van der Waals surface area contributed by atoms with Crippen LogP contribution < -0.4 is 0 Å². The summed E-state index contributed by atoms with van der Waals surface area (Å²) in [5, 5.41) is 0. The van der Waals surface area contributed by atoms with Crippen molar-refractivity contribution in [2.45, 2.75) is 22.6 Å². The molecule has 1 aromatic rings. The molecule has 110 valence electrons. The van der Waals surface area contributed by atoms with Crippen molar-refractivity contribution in [2.24, 2.45) is 23.7 Å². The molecule has 4 rings (SSSR count). The molecular weight excluding hydrogens is 400 g/mol. The van der Waals surface area contributed by atoms with Gasteiger partial charge in [0.15, 0.2) is 0 Å². The summed E-state index contributed by atoms with van der Waals surface area (Å²) in [5.74, 6) is 0.310. The van der Waals surface area contributed by atoms with Gasteiger partial charge in [-0.1, -0.05) is 37.9 Å². The van der Waals surface area contributed by atoms with Crippen molar-refractivity contribution in [3.63, 3.8) is 0 Å². The van der Waals surface area contributed by atoms with Crippen LogP contribution in [-0.2, 0) is 16.1 Å². The second-order valence-corrected chi connectivity index (χ2v) is 8.24. The summed E-state index contributed by atoms with van der Waals surface area (Å²) in [6.07, 6.45) is 4.38. The Morgan fingerprint density at radius 3 is 2.29 bits per heavy atom. The third-order valence-corrected chi connectivity index (χ3v) is 8.35. The van der Waals surface area contributed by atoms with Gasteiger partial charge in [0.1, 0.15) is 0 Å². The van der Waals surface area contributed by atoms with Crippen LogP contribution in [0.2, 0.25) is 0 Å². The summed E-state index contributed by atoms with van der Waals surface area (Å²) in [6, 6.07) is 3.73. The second kappa shape index (κ2) is 4.88. The second-order valence-electron chi connectivity index (χ2n) is 6.13. The van der Waals surface area contributed by atoms with Gasteiger partial charge in [0.25, 0.3) is 0 Å². The van der Waals surface area contributed by atoms with Gasteiger partial charge in [-0.3, -0.25) is 19.5 Å². The lowest BCUT2D eigenvalue weighted by molar-refractivity contribution is -0.141. The Morgan fingerprint density at radius 1 is 1.14 bits per heavy atom. The van der Waals surface area contributed by atoms with Crippen LogP contribution in [0.1, 0.15) is 12.0 Å². The average Bonchev–Trinajstić information content (AvgIpc) is 3.09. The summed E-state index contributed by atoms with van der Waals surface area (Å²) in [7, 11) is 0. The average molecular weight is 414 g/mol. The minimum atomic E-state index is -0.127. The Balaban J connectivity index is 1.62. The van der Waals surface area contributed by atoms with Crippen LogP contribution in [0.5, 0.6) is 0 Å². The topological polar surface area (TPSA) is 50.3 Å². The minimum absolute atomic E-state index is 0.00482. The van der Waals surface area contributed by atoms with E-state index >= 15 is 0 Å². The smallest absolute Gasteiger partial charge is 0.233 e. The molecule has 2 heterocycles. The standard InChI is InChI=1S/C15H14Br2N2O2/c16-12-8-4-9(13(12)17)11-10(8)14(20)19(15(11)21)6-7-2-1-3-18-5-7/h1-3,5,8-13H,4,6H2. The number of halogens is 2. The van der Waals surface area contributed by atoms with Crippen molar-refractivity contribution in [3.05, 3.63) is 30.1 Å². The highest BCUT2D eigenvalue weighted by molar-refractivity contribution is 9.12. The zero-order chi connectivity index (χ0) is 14.7. The Bertz CT molecular complexity index is 577. The Labute approximate surface area is 139 Å². The zero-order valence-electron chi connectivity index (χ0n) is 11.2. The lowest BCUT2D eigenvalue weighted by Gasteiger charge is -2.28. The normalized spacial score (nSPS) is 41.0. The molecule has 3 aliphatic rings. The molecule has 2 bridgehead atoms. The zero-order valence-corrected chi connectivity index (χ0v) is 14.3. The molecular formula is C15H14Br2N2O2. The molecule has 3 fully saturated rings. The van der Waals surface area contributed by atoms with Gasteiger partial charge >= 0.3 is 0 Å². The lowest BCUT2D eigenvalue weighted by atomic mass is 9.81. The maximum absolute atomic E-state index is 12.7. The van der Waals surface area contributed by atoms with E-state index in [1.807, 2.05) is 12.1 Å². The molecule has 6 unspecified atom stereocenters. The van der Waals surface area contributed by atoms with Crippen LogP contribution in [0.25, 0.3) is 0 Å². The number of rotatable bonds is 2. The van der Waals surface area contributed by atoms with Gasteiger partial charge in [0.2, 0.25) is 11.8 Å². The van der Waals surface area contributed by atoms with E-state index in [9.17, 15) is 9.59 Å². The Kier molecular flexibility index (Phi) is 3.23. The maximum atomic E-state index is 12.7. The number of hydrogen-bond acceptors (Lipinski definition) is 3. The van der Waals surface area contributed by atoms with E-state index in [0.717, 1.165) is 12.0 Å². The number of pyridine rings is 1. The van der Waals surface area contributed by atoms with Crippen LogP contribution in [0, 0.1) is 23.7 Å². The quantitative estimate of drug-likeness (QED) is 0.552. The first-order valence-electron chi connectivity index (χ1n) is 7.12. The van der Waals surface area contributed by atoms with Crippen molar-refractivity contribution in [1.29, 1.82) is 0 Å². The fraction of sp³-hybridized carbons (Fsp3) is 0.533. The van der Waals surface area contributed by atoms with Gasteiger partial charge in [-0.15, -0.1) is 0 Å². The summed E-state index contributed by atoms with van der Waals surface area (Å²) in [4.78, 5) is 31.5. The molecule has 2 saturated carbocycles. The molecule has 1 aromatic heterocycles. The van der Waals surface area contributed by atoms with E-state index in [-0.39, 0.29) is 35.5 Å². The molecule has 0 aromatic carbocycles. The molecule has 0 N–H and O–H groups in total. The predicted molar refractivity (Wildman–Crippen MR) is 83.8 cm³/mol. The monoisotopic (exact) mass is 412 g/mol. The molecule has 0 spiro atoms. The van der Waals surface area contributed by atoms with Crippen LogP contribution in [0.4, 0.5) is 0 Å². The van der Waals surface area contributed by atoms with Crippen molar-refractivity contribution in [2.75, 3.05) is 0 Å². The van der Waals surface area contributed by atoms with Crippen LogP contribution >= 0.6 is 31.9 Å². The van der Waals surface area contributed by atoms with Gasteiger partial charge < -0.3 is 0 Å². The molecule has 6 atom stereocenters. The number of likely N-dealkylation sites (tertiary alicyclic amines) is 1. The maximum Gasteiger partial charge on any atom is 0.233 e. The van der Waals surface area contributed by atoms with Crippen molar-refractivity contribution < 1.29 is 9.59 Å². The third kappa shape index (κ3) is 1.88. The highest BCUT2D eigenvalue weighted by atomic mass is 79.9. The lowest BCUT2D eigenvalue weighted by Crippen LogP contribution is -2.37. The summed E-state index contributed by atoms with van der Waals surface area (Å²) in [6.45, 7) is 0.345. The first kappa shape index (κ1) is 13.9. The predicted octanol–water partition coefficient (Wildman–Crippen LogP) is 2.36. The highest BCUT2D eigenvalue weighted by Gasteiger charge is 2.66. The van der Waals surface area contributed by atoms with E-state index in [4.69, 9.17) is 0 Å². The summed E-state index contributed by atoms with van der Waals surface area (Å²) in [5.41, 5.74) is 0.900. The summed E-state index contributed by atoms with van der Waals surface area (Å²) < 4.78 is 0. The van der Waals surface area contributed by atoms with E-state index < -0.39 is 0 Å². The highest BCUT2D eigenvalue weighted by Crippen LogP contribution is 2.60. The molecule has 2 amide bonds. The molecule has 2 aliphatic carbocycles. The number of nitrogens with zero attached hydrogens (tertiary/aromatic N) is 2. The van der Waals surface area contributed by atoms with Gasteiger partial charge in [-0.05, 0) is 29.9 Å². The number of hydrogen-bond donors (Lipinski definition) is 0. The van der Waals surface area contributed by atoms with Crippen molar-refractivity contribution in [1.82, 2.24) is 9.88 Å². The first-order chi connectivity index (χ1) is 10.1. The van der Waals surface area contributed by atoms with Crippen molar-refractivity contribution >= 4 is 43.7 Å². The first-order valence-corrected chi connectivity index (χ1v) is 8.95. The molecule has 0 radical (unpaired) electrons. The van der Waals surface area contributed by atoms with E-state index in [0.29, 0.717) is 16.2 Å². The molecule has 1 aliphatic heterocycles. The Morgan fingerprint density at radius 2 is 1.76 bits per heavy atom. The fourth-order valence-corrected chi connectivity index (χ4v) is 6.11. The number of carbonyl (C=O) groups is 2. The van der Waals surface area contributed by atoms with Gasteiger partial charge in [-0.2, -0.15) is 0 Å². The Hall–Kier alpha value is -0.750. The van der Waals surface area contributed by atoms with E-state index in [1.165, 1.54) is 4.90 Å². The van der Waals surface area contributed by atoms with Crippen LogP contribution in [0.3, 0.4) is 0 Å². The van der Waals surface area contributed by atoms with Gasteiger partial charge in [0.05, 0.1) is 18.4 Å². The number of amides is 2. The van der Waals surface area contributed by atoms with Crippen LogP contribution in [-0.4, -0.2) is 31.4 Å². The number of fused-ring (bicyclic) bond motifs is 5. The molecule has 1 saturated heterocycles. The molecule has 21 heavy (non-hydrogen) atoms. The van der Waals surface area contributed by atoms with E-state index in [1.54, 1.807) is 12.4 Å². The number of imide groups is 1. The number of aromatic nitrogens is 1. The fourth-order valence-electron chi connectivity index (χ4n) is 4.24. The molecule has 4 nitrogen and oxygen atoms in total. The number of alkyl halides is 2. The largest absolute Gasteiger partial charge is 0.278 e. The molecule has 6 heteroatoms. The van der Waals surface area contributed by atoms with Gasteiger partial charge in [-0.25, -0.2) is 0 Å². The number of carbonyl (C=O) groups excluding carboxylic acids is 2. The van der Waals surface area contributed by atoms with Gasteiger partial charge in [0, 0.05) is 22.0 Å². The van der Waals surface area contributed by atoms with E-state index in [2.05, 4.69) is 36.8 Å².